The number of benzene rings is 3. The fourth-order valence-electron chi connectivity index (χ4n) is 5.06. The molecule has 48 heavy (non-hydrogen) atoms. The van der Waals surface area contributed by atoms with Crippen LogP contribution in [0.2, 0.25) is 15.1 Å². The monoisotopic (exact) mass is 743 g/mol. The molecule has 5 aromatic rings. The van der Waals surface area contributed by atoms with Crippen molar-refractivity contribution in [2.24, 2.45) is 14.1 Å². The Kier molecular flexibility index (Phi) is 9.33. The molecule has 1 amide bonds. The molecule has 3 aromatic carbocycles. The third kappa shape index (κ3) is 6.08. The first-order chi connectivity index (χ1) is 22.9. The normalized spacial score (nSPS) is 14.0. The topological polar surface area (TPSA) is 110 Å². The Hall–Kier alpha value is -4.27. The first kappa shape index (κ1) is 33.6. The highest BCUT2D eigenvalue weighted by molar-refractivity contribution is 8.27. The molecule has 16 heteroatoms. The maximum absolute atomic E-state index is 13.4. The average Bonchev–Trinajstić information content (AvgIpc) is 3.55. The number of carbonyl (C=O) groups is 1. The summed E-state index contributed by atoms with van der Waals surface area (Å²) < 4.78 is 21.3. The fraction of sp³-hybridized carbons (Fsp3) is 0.156. The molecule has 0 atom stereocenters. The Bertz CT molecular complexity index is 2320. The number of rotatable bonds is 8. The molecule has 0 unspecified atom stereocenters. The number of aromatic nitrogens is 4. The quantitative estimate of drug-likeness (QED) is 0.127. The van der Waals surface area contributed by atoms with Gasteiger partial charge in [0.1, 0.15) is 5.75 Å². The van der Waals surface area contributed by atoms with E-state index in [1.807, 2.05) is 0 Å². The minimum atomic E-state index is -0.558. The van der Waals surface area contributed by atoms with Gasteiger partial charge in [0.25, 0.3) is 11.5 Å². The van der Waals surface area contributed by atoms with Crippen molar-refractivity contribution in [3.8, 4) is 23.3 Å². The van der Waals surface area contributed by atoms with Gasteiger partial charge in [-0.2, -0.15) is 4.98 Å². The molecular weight excluding hydrogens is 721 g/mol. The van der Waals surface area contributed by atoms with Crippen LogP contribution in [-0.4, -0.2) is 43.1 Å². The molecule has 0 aliphatic carbocycles. The van der Waals surface area contributed by atoms with Gasteiger partial charge >= 0.3 is 11.7 Å². The predicted octanol–water partition coefficient (Wildman–Crippen LogP) is 6.66. The summed E-state index contributed by atoms with van der Waals surface area (Å²) in [5.74, 6) is 0.737. The van der Waals surface area contributed by atoms with Gasteiger partial charge in [0.15, 0.2) is 27.0 Å². The standard InChI is InChI=1S/C32H24Cl3N5O6S2/c1-37-27-26(29(42)38(2)31(37)43)39(15-17-6-7-18(33)13-20(17)34)30(36-27)46-23-9-5-16(11-24(23)45-4)12-25-28(41)40(32(47)48-25)19-8-10-22(44-3)21(35)14-19/h5-14H,15H2,1-4H3/b25-12-. The molecule has 246 valence electrons. The number of nitrogens with zero attached hydrogens (tertiary/aromatic N) is 5. The highest BCUT2D eigenvalue weighted by Crippen LogP contribution is 2.40. The minimum Gasteiger partial charge on any atom is -0.495 e. The van der Waals surface area contributed by atoms with E-state index in [1.165, 1.54) is 42.3 Å². The van der Waals surface area contributed by atoms with Crippen molar-refractivity contribution in [3.05, 3.63) is 107 Å². The van der Waals surface area contributed by atoms with E-state index in [0.717, 1.165) is 16.3 Å². The molecule has 6 rings (SSSR count). The molecule has 1 aliphatic heterocycles. The van der Waals surface area contributed by atoms with Crippen LogP contribution in [0.1, 0.15) is 11.1 Å². The molecule has 0 saturated carbocycles. The second-order valence-electron chi connectivity index (χ2n) is 10.4. The summed E-state index contributed by atoms with van der Waals surface area (Å²) in [6.45, 7) is 0.0803. The largest absolute Gasteiger partial charge is 0.495 e. The lowest BCUT2D eigenvalue weighted by atomic mass is 10.2. The zero-order valence-corrected chi connectivity index (χ0v) is 29.5. The second-order valence-corrected chi connectivity index (χ2v) is 13.4. The molecule has 2 aromatic heterocycles. The van der Waals surface area contributed by atoms with Gasteiger partial charge < -0.3 is 14.2 Å². The number of amides is 1. The number of ether oxygens (including phenoxy) is 3. The number of anilines is 1. The van der Waals surface area contributed by atoms with Crippen molar-refractivity contribution in [1.82, 2.24) is 18.7 Å². The minimum absolute atomic E-state index is 0.0133. The third-order valence-corrected chi connectivity index (χ3v) is 9.71. The molecule has 0 spiro atoms. The molecule has 0 radical (unpaired) electrons. The summed E-state index contributed by atoms with van der Waals surface area (Å²) in [5, 5.41) is 1.17. The van der Waals surface area contributed by atoms with Crippen LogP contribution < -0.4 is 30.4 Å². The Labute approximate surface area is 297 Å². The highest BCUT2D eigenvalue weighted by atomic mass is 35.5. The van der Waals surface area contributed by atoms with E-state index in [-0.39, 0.29) is 35.4 Å². The smallest absolute Gasteiger partial charge is 0.332 e. The summed E-state index contributed by atoms with van der Waals surface area (Å²) in [4.78, 5) is 45.8. The molecule has 0 N–H and O–H groups in total. The second kappa shape index (κ2) is 13.3. The van der Waals surface area contributed by atoms with Crippen LogP contribution in [0.4, 0.5) is 5.69 Å². The number of imidazole rings is 1. The van der Waals surface area contributed by atoms with Crippen molar-refractivity contribution in [2.75, 3.05) is 19.1 Å². The summed E-state index contributed by atoms with van der Waals surface area (Å²) in [7, 11) is 5.88. The van der Waals surface area contributed by atoms with E-state index in [0.29, 0.717) is 52.6 Å². The number of hydrogen-bond donors (Lipinski definition) is 0. The number of aryl methyl sites for hydroxylation is 1. The summed E-state index contributed by atoms with van der Waals surface area (Å²) in [5.41, 5.74) is 0.939. The lowest BCUT2D eigenvalue weighted by Crippen LogP contribution is -2.37. The van der Waals surface area contributed by atoms with Crippen LogP contribution in [0.25, 0.3) is 17.2 Å². The number of methoxy groups -OCH3 is 2. The van der Waals surface area contributed by atoms with Gasteiger partial charge in [-0.1, -0.05) is 70.9 Å². The van der Waals surface area contributed by atoms with Gasteiger partial charge in [0.2, 0.25) is 0 Å². The number of halogens is 3. The Morgan fingerprint density at radius 2 is 1.60 bits per heavy atom. The van der Waals surface area contributed by atoms with E-state index in [9.17, 15) is 14.4 Å². The maximum atomic E-state index is 13.4. The van der Waals surface area contributed by atoms with Crippen LogP contribution >= 0.6 is 58.8 Å². The van der Waals surface area contributed by atoms with Crippen LogP contribution in [0.15, 0.2) is 69.1 Å². The highest BCUT2D eigenvalue weighted by Gasteiger charge is 2.34. The van der Waals surface area contributed by atoms with Crippen molar-refractivity contribution in [2.45, 2.75) is 6.54 Å². The molecule has 3 heterocycles. The van der Waals surface area contributed by atoms with Gasteiger partial charge in [-0.05, 0) is 59.7 Å². The van der Waals surface area contributed by atoms with E-state index < -0.39 is 11.2 Å². The maximum Gasteiger partial charge on any atom is 0.332 e. The lowest BCUT2D eigenvalue weighted by molar-refractivity contribution is -0.113. The van der Waals surface area contributed by atoms with Crippen LogP contribution in [0.5, 0.6) is 23.3 Å². The average molecular weight is 745 g/mol. The van der Waals surface area contributed by atoms with Gasteiger partial charge in [-0.15, -0.1) is 0 Å². The predicted molar refractivity (Wildman–Crippen MR) is 193 cm³/mol. The number of carbonyl (C=O) groups excluding carboxylic acids is 1. The first-order valence-corrected chi connectivity index (χ1v) is 16.3. The van der Waals surface area contributed by atoms with Crippen LogP contribution in [-0.2, 0) is 25.4 Å². The molecule has 1 saturated heterocycles. The summed E-state index contributed by atoms with van der Waals surface area (Å²) in [6, 6.07) is 15.1. The number of hydrogen-bond acceptors (Lipinski definition) is 9. The Morgan fingerprint density at radius 1 is 0.875 bits per heavy atom. The SMILES string of the molecule is COc1ccc(N2C(=O)/C(=C/c3ccc(Oc4nc5c(c(=O)n(C)c(=O)n5C)n4Cc4ccc(Cl)cc4Cl)c(OC)c3)SC2=S)cc1Cl. The Morgan fingerprint density at radius 3 is 2.29 bits per heavy atom. The van der Waals surface area contributed by atoms with E-state index >= 15 is 0 Å². The fourth-order valence-corrected chi connectivity index (χ4v) is 7.08. The third-order valence-electron chi connectivity index (χ3n) is 7.53. The number of thioether (sulfide) groups is 1. The van der Waals surface area contributed by atoms with Crippen molar-refractivity contribution in [3.63, 3.8) is 0 Å². The van der Waals surface area contributed by atoms with Gasteiger partial charge in [-0.25, -0.2) is 4.79 Å². The molecular formula is C32H24Cl3N5O6S2. The van der Waals surface area contributed by atoms with Gasteiger partial charge in [0, 0.05) is 24.1 Å². The zero-order chi connectivity index (χ0) is 34.4. The van der Waals surface area contributed by atoms with Crippen LogP contribution in [0, 0.1) is 0 Å². The van der Waals surface area contributed by atoms with Crippen LogP contribution in [0.3, 0.4) is 0 Å². The van der Waals surface area contributed by atoms with E-state index in [4.69, 9.17) is 61.2 Å². The first-order valence-electron chi connectivity index (χ1n) is 14.0. The number of thiocarbonyl (C=S) groups is 1. The zero-order valence-electron chi connectivity index (χ0n) is 25.6. The van der Waals surface area contributed by atoms with E-state index in [1.54, 1.807) is 60.7 Å². The summed E-state index contributed by atoms with van der Waals surface area (Å²) >= 11 is 25.5. The Balaban J connectivity index is 1.36. The molecule has 1 fully saturated rings. The van der Waals surface area contributed by atoms with Crippen molar-refractivity contribution >= 4 is 91.9 Å². The van der Waals surface area contributed by atoms with Crippen molar-refractivity contribution < 1.29 is 19.0 Å². The lowest BCUT2D eigenvalue weighted by Gasteiger charge is -2.15. The number of fused-ring (bicyclic) bond motifs is 1. The molecule has 0 bridgehead atoms. The summed E-state index contributed by atoms with van der Waals surface area (Å²) in [6.07, 6.45) is 1.69. The van der Waals surface area contributed by atoms with Gasteiger partial charge in [-0.3, -0.25) is 28.2 Å². The van der Waals surface area contributed by atoms with E-state index in [2.05, 4.69) is 4.98 Å². The van der Waals surface area contributed by atoms with Crippen molar-refractivity contribution in [1.29, 1.82) is 0 Å². The molecule has 1 aliphatic rings. The molecule has 11 nitrogen and oxygen atoms in total. The van der Waals surface area contributed by atoms with Gasteiger partial charge in [0.05, 0.1) is 36.4 Å².